The smallest absolute Gasteiger partial charge is 0.289 e. The van der Waals surface area contributed by atoms with Crippen molar-refractivity contribution < 1.29 is 9.50 Å². The molecule has 0 aliphatic rings. The molecule has 2 aromatic rings. The predicted molar refractivity (Wildman–Crippen MR) is 59.2 cm³/mol. The van der Waals surface area contributed by atoms with Crippen molar-refractivity contribution in [1.29, 1.82) is 0 Å². The van der Waals surface area contributed by atoms with Crippen LogP contribution < -0.4 is 5.56 Å². The lowest BCUT2D eigenvalue weighted by Crippen LogP contribution is -2.22. The first-order valence-corrected chi connectivity index (χ1v) is 5.12. The third-order valence-corrected chi connectivity index (χ3v) is 2.73. The highest BCUT2D eigenvalue weighted by Gasteiger charge is 2.11. The van der Waals surface area contributed by atoms with E-state index in [-0.39, 0.29) is 15.9 Å². The quantitative estimate of drug-likeness (QED) is 0.869. The fraction of sp³-hybridized carbons (Fsp3) is 0. The monoisotopic (exact) mass is 284 g/mol. The van der Waals surface area contributed by atoms with Gasteiger partial charge in [-0.15, -0.1) is 0 Å². The highest BCUT2D eigenvalue weighted by atomic mass is 79.9. The number of aromatic nitrogens is 2. The predicted octanol–water partition coefficient (Wildman–Crippen LogP) is 1.84. The third-order valence-electron chi connectivity index (χ3n) is 1.98. The van der Waals surface area contributed by atoms with Crippen molar-refractivity contribution in [2.45, 2.75) is 0 Å². The van der Waals surface area contributed by atoms with Crippen LogP contribution in [0, 0.1) is 5.82 Å². The zero-order valence-corrected chi connectivity index (χ0v) is 9.48. The molecule has 0 aliphatic heterocycles. The van der Waals surface area contributed by atoms with E-state index in [4.69, 9.17) is 0 Å². The van der Waals surface area contributed by atoms with Crippen LogP contribution >= 0.6 is 15.9 Å². The summed E-state index contributed by atoms with van der Waals surface area (Å²) in [5, 5.41) is 12.9. The SMILES string of the molecule is O=c1c(Br)c(O)cnn1-c1ccccc1F. The van der Waals surface area contributed by atoms with Gasteiger partial charge in [-0.1, -0.05) is 12.1 Å². The van der Waals surface area contributed by atoms with Crippen LogP contribution in [0.3, 0.4) is 0 Å². The molecular weight excluding hydrogens is 279 g/mol. The van der Waals surface area contributed by atoms with E-state index in [0.29, 0.717) is 0 Å². The van der Waals surface area contributed by atoms with Gasteiger partial charge in [0.15, 0.2) is 5.75 Å². The maximum absolute atomic E-state index is 13.4. The minimum absolute atomic E-state index is 0.0354. The van der Waals surface area contributed by atoms with Gasteiger partial charge in [-0.2, -0.15) is 9.78 Å². The molecular formula is C10H6BrFN2O2. The van der Waals surface area contributed by atoms with Gasteiger partial charge in [0.1, 0.15) is 16.0 Å². The minimum Gasteiger partial charge on any atom is -0.505 e. The summed E-state index contributed by atoms with van der Waals surface area (Å²) in [6.07, 6.45) is 1.07. The van der Waals surface area contributed by atoms with Crippen molar-refractivity contribution in [2.75, 3.05) is 0 Å². The van der Waals surface area contributed by atoms with Crippen molar-refractivity contribution in [1.82, 2.24) is 9.78 Å². The molecule has 0 amide bonds. The topological polar surface area (TPSA) is 55.1 Å². The summed E-state index contributed by atoms with van der Waals surface area (Å²) < 4.78 is 14.2. The van der Waals surface area contributed by atoms with Gasteiger partial charge in [-0.3, -0.25) is 4.79 Å². The average Bonchev–Trinajstić information content (AvgIpc) is 2.28. The Morgan fingerprint density at radius 1 is 1.38 bits per heavy atom. The van der Waals surface area contributed by atoms with Crippen LogP contribution in [0.1, 0.15) is 0 Å². The molecule has 82 valence electrons. The number of hydrogen-bond acceptors (Lipinski definition) is 3. The number of hydrogen-bond donors (Lipinski definition) is 1. The first kappa shape index (κ1) is 10.8. The number of nitrogens with zero attached hydrogens (tertiary/aromatic N) is 2. The number of rotatable bonds is 1. The molecule has 0 unspecified atom stereocenters. The second-order valence-electron chi connectivity index (χ2n) is 3.01. The molecule has 1 heterocycles. The van der Waals surface area contributed by atoms with Gasteiger partial charge < -0.3 is 5.11 Å². The maximum atomic E-state index is 13.4. The van der Waals surface area contributed by atoms with Gasteiger partial charge in [-0.05, 0) is 28.1 Å². The summed E-state index contributed by atoms with van der Waals surface area (Å²) in [6.45, 7) is 0. The molecule has 6 heteroatoms. The molecule has 2 rings (SSSR count). The Kier molecular flexibility index (Phi) is 2.74. The van der Waals surface area contributed by atoms with E-state index in [9.17, 15) is 14.3 Å². The van der Waals surface area contributed by atoms with E-state index >= 15 is 0 Å². The molecule has 0 bridgehead atoms. The van der Waals surface area contributed by atoms with Gasteiger partial charge in [0, 0.05) is 0 Å². The van der Waals surface area contributed by atoms with Crippen molar-refractivity contribution in [3.8, 4) is 11.4 Å². The number of para-hydroxylation sites is 1. The summed E-state index contributed by atoms with van der Waals surface area (Å²) in [5.74, 6) is -0.840. The Morgan fingerprint density at radius 3 is 2.75 bits per heavy atom. The Bertz CT molecular complexity index is 598. The molecule has 0 aliphatic carbocycles. The molecule has 16 heavy (non-hydrogen) atoms. The summed E-state index contributed by atoms with van der Waals surface area (Å²) in [4.78, 5) is 11.7. The van der Waals surface area contributed by atoms with E-state index in [0.717, 1.165) is 10.9 Å². The molecule has 0 fully saturated rings. The Balaban J connectivity index is 2.72. The molecule has 1 aromatic carbocycles. The number of benzene rings is 1. The first-order chi connectivity index (χ1) is 7.61. The highest BCUT2D eigenvalue weighted by Crippen LogP contribution is 2.18. The molecule has 1 aromatic heterocycles. The molecule has 0 radical (unpaired) electrons. The van der Waals surface area contributed by atoms with Crippen LogP contribution in [0.4, 0.5) is 4.39 Å². The zero-order valence-electron chi connectivity index (χ0n) is 7.89. The van der Waals surface area contributed by atoms with E-state index in [1.54, 1.807) is 6.07 Å². The highest BCUT2D eigenvalue weighted by molar-refractivity contribution is 9.10. The normalized spacial score (nSPS) is 10.4. The van der Waals surface area contributed by atoms with Crippen LogP contribution in [0.15, 0.2) is 39.7 Å². The summed E-state index contributed by atoms with van der Waals surface area (Å²) >= 11 is 2.91. The summed E-state index contributed by atoms with van der Waals surface area (Å²) in [7, 11) is 0. The second kappa shape index (κ2) is 4.05. The van der Waals surface area contributed by atoms with Crippen molar-refractivity contribution in [3.05, 3.63) is 51.1 Å². The van der Waals surface area contributed by atoms with Crippen molar-refractivity contribution >= 4 is 15.9 Å². The van der Waals surface area contributed by atoms with Gasteiger partial charge in [0.25, 0.3) is 5.56 Å². The molecule has 1 N–H and O–H groups in total. The molecule has 0 saturated carbocycles. The van der Waals surface area contributed by atoms with Crippen LogP contribution in [-0.4, -0.2) is 14.9 Å². The van der Waals surface area contributed by atoms with Gasteiger partial charge in [0.05, 0.1) is 6.20 Å². The second-order valence-corrected chi connectivity index (χ2v) is 3.81. The summed E-state index contributed by atoms with van der Waals surface area (Å²) in [6, 6.07) is 5.75. The molecule has 0 spiro atoms. The van der Waals surface area contributed by atoms with Gasteiger partial charge in [-0.25, -0.2) is 4.39 Å². The van der Waals surface area contributed by atoms with Gasteiger partial charge >= 0.3 is 0 Å². The Hall–Kier alpha value is -1.69. The Morgan fingerprint density at radius 2 is 2.06 bits per heavy atom. The first-order valence-electron chi connectivity index (χ1n) is 4.33. The molecule has 4 nitrogen and oxygen atoms in total. The van der Waals surface area contributed by atoms with E-state index < -0.39 is 11.4 Å². The molecule has 0 saturated heterocycles. The molecule has 0 atom stereocenters. The van der Waals surface area contributed by atoms with Crippen molar-refractivity contribution in [3.63, 3.8) is 0 Å². The van der Waals surface area contributed by atoms with E-state index in [1.807, 2.05) is 0 Å². The van der Waals surface area contributed by atoms with E-state index in [2.05, 4.69) is 21.0 Å². The fourth-order valence-electron chi connectivity index (χ4n) is 1.22. The van der Waals surface area contributed by atoms with Crippen LogP contribution in [0.25, 0.3) is 5.69 Å². The van der Waals surface area contributed by atoms with Crippen LogP contribution in [0.5, 0.6) is 5.75 Å². The van der Waals surface area contributed by atoms with Crippen LogP contribution in [-0.2, 0) is 0 Å². The standard InChI is InChI=1S/C10H6BrFN2O2/c11-9-8(15)5-13-14(10(9)16)7-4-2-1-3-6(7)12/h1-5,15H. The van der Waals surface area contributed by atoms with Crippen LogP contribution in [0.2, 0.25) is 0 Å². The average molecular weight is 285 g/mol. The fourth-order valence-corrected chi connectivity index (χ4v) is 1.49. The lowest BCUT2D eigenvalue weighted by atomic mass is 10.3. The van der Waals surface area contributed by atoms with E-state index in [1.165, 1.54) is 18.2 Å². The Labute approximate surface area is 98.1 Å². The minimum atomic E-state index is -0.620. The lowest BCUT2D eigenvalue weighted by Gasteiger charge is -2.05. The largest absolute Gasteiger partial charge is 0.505 e. The zero-order chi connectivity index (χ0) is 11.7. The number of halogens is 2. The third kappa shape index (κ3) is 1.71. The summed E-state index contributed by atoms with van der Waals surface area (Å²) in [5.41, 5.74) is -0.585. The lowest BCUT2D eigenvalue weighted by molar-refractivity contribution is 0.462. The van der Waals surface area contributed by atoms with Gasteiger partial charge in [0.2, 0.25) is 0 Å². The maximum Gasteiger partial charge on any atom is 0.289 e. The number of aromatic hydroxyl groups is 1. The van der Waals surface area contributed by atoms with Crippen molar-refractivity contribution in [2.24, 2.45) is 0 Å².